The predicted molar refractivity (Wildman–Crippen MR) is 95.8 cm³/mol. The Labute approximate surface area is 152 Å². The largest absolute Gasteiger partial charge is 0.481 e. The van der Waals surface area contributed by atoms with Gasteiger partial charge in [-0.25, -0.2) is 0 Å². The molecule has 2 atom stereocenters. The second kappa shape index (κ2) is 7.87. The number of benzene rings is 1. The molecule has 2 N–H and O–H groups in total. The van der Waals surface area contributed by atoms with Gasteiger partial charge < -0.3 is 15.3 Å². The molecule has 0 aromatic heterocycles. The zero-order valence-corrected chi connectivity index (χ0v) is 15.3. The van der Waals surface area contributed by atoms with E-state index in [1.165, 1.54) is 4.90 Å². The molecule has 1 fully saturated rings. The number of halogens is 1. The lowest BCUT2D eigenvalue weighted by Gasteiger charge is -2.24. The van der Waals surface area contributed by atoms with Crippen molar-refractivity contribution >= 4 is 35.1 Å². The summed E-state index contributed by atoms with van der Waals surface area (Å²) in [7, 11) is 0. The van der Waals surface area contributed by atoms with Crippen LogP contribution in [-0.2, 0) is 9.59 Å². The van der Waals surface area contributed by atoms with Crippen LogP contribution in [0, 0.1) is 11.8 Å². The third-order valence-corrected chi connectivity index (χ3v) is 4.74. The van der Waals surface area contributed by atoms with Crippen LogP contribution >= 0.6 is 11.6 Å². The molecule has 2 rings (SSSR count). The van der Waals surface area contributed by atoms with Gasteiger partial charge in [-0.15, -0.1) is 0 Å². The summed E-state index contributed by atoms with van der Waals surface area (Å²) in [6.45, 7) is 6.00. The molecule has 0 bridgehead atoms. The molecule has 0 saturated carbocycles. The van der Waals surface area contributed by atoms with Crippen LogP contribution in [0.4, 0.5) is 5.69 Å². The molecule has 7 heteroatoms. The number of hydrogen-bond donors (Lipinski definition) is 2. The second-order valence-corrected chi connectivity index (χ2v) is 7.22. The highest BCUT2D eigenvalue weighted by Crippen LogP contribution is 2.29. The van der Waals surface area contributed by atoms with Crippen LogP contribution in [-0.4, -0.2) is 40.4 Å². The fraction of sp³-hybridized carbons (Fsp3) is 0.500. The number of hydrogen-bond acceptors (Lipinski definition) is 3. The molecule has 0 aliphatic carbocycles. The van der Waals surface area contributed by atoms with E-state index < -0.39 is 17.9 Å². The first-order chi connectivity index (χ1) is 11.7. The molecule has 1 aliphatic rings. The molecule has 25 heavy (non-hydrogen) atoms. The quantitative estimate of drug-likeness (QED) is 0.837. The van der Waals surface area contributed by atoms with E-state index in [2.05, 4.69) is 5.32 Å². The van der Waals surface area contributed by atoms with Crippen molar-refractivity contribution in [3.63, 3.8) is 0 Å². The predicted octanol–water partition coefficient (Wildman–Crippen LogP) is 3.26. The van der Waals surface area contributed by atoms with Crippen LogP contribution in [0.5, 0.6) is 0 Å². The molecule has 0 radical (unpaired) electrons. The molecule has 1 aromatic rings. The van der Waals surface area contributed by atoms with Gasteiger partial charge in [0.2, 0.25) is 5.91 Å². The highest BCUT2D eigenvalue weighted by molar-refractivity contribution is 6.34. The van der Waals surface area contributed by atoms with Gasteiger partial charge in [0.15, 0.2) is 0 Å². The van der Waals surface area contributed by atoms with Gasteiger partial charge in [-0.05, 0) is 37.5 Å². The Bertz CT molecular complexity index is 690. The fourth-order valence-corrected chi connectivity index (χ4v) is 3.26. The highest BCUT2D eigenvalue weighted by atomic mass is 35.5. The van der Waals surface area contributed by atoms with Crippen molar-refractivity contribution < 1.29 is 19.5 Å². The molecule has 1 aromatic carbocycles. The number of carbonyl (C=O) groups is 3. The number of amides is 2. The number of anilines is 1. The highest BCUT2D eigenvalue weighted by Gasteiger charge is 2.38. The van der Waals surface area contributed by atoms with Crippen LogP contribution in [0.2, 0.25) is 5.02 Å². The van der Waals surface area contributed by atoms with E-state index >= 15 is 0 Å². The summed E-state index contributed by atoms with van der Waals surface area (Å²) in [4.78, 5) is 37.5. The van der Waals surface area contributed by atoms with E-state index in [0.717, 1.165) is 0 Å². The average Bonchev–Trinajstić information content (AvgIpc) is 2.89. The van der Waals surface area contributed by atoms with E-state index in [1.54, 1.807) is 25.1 Å². The summed E-state index contributed by atoms with van der Waals surface area (Å²) >= 11 is 6.16. The lowest BCUT2D eigenvalue weighted by Crippen LogP contribution is -2.37. The van der Waals surface area contributed by atoms with Gasteiger partial charge in [-0.3, -0.25) is 14.4 Å². The number of aliphatic carboxylic acids is 1. The lowest BCUT2D eigenvalue weighted by molar-refractivity contribution is -0.142. The second-order valence-electron chi connectivity index (χ2n) is 6.81. The van der Waals surface area contributed by atoms with Crippen LogP contribution in [0.25, 0.3) is 0 Å². The number of carboxylic acid groups (broad SMARTS) is 1. The summed E-state index contributed by atoms with van der Waals surface area (Å²) < 4.78 is 0. The Hall–Kier alpha value is -2.08. The van der Waals surface area contributed by atoms with Crippen molar-refractivity contribution in [2.45, 2.75) is 39.7 Å². The Morgan fingerprint density at radius 3 is 2.60 bits per heavy atom. The maximum atomic E-state index is 12.8. The van der Waals surface area contributed by atoms with E-state index in [0.29, 0.717) is 25.1 Å². The Morgan fingerprint density at radius 1 is 1.36 bits per heavy atom. The first kappa shape index (κ1) is 19.2. The van der Waals surface area contributed by atoms with E-state index in [4.69, 9.17) is 11.6 Å². The summed E-state index contributed by atoms with van der Waals surface area (Å²) in [5.41, 5.74) is 0.766. The molecule has 0 spiro atoms. The Morgan fingerprint density at radius 2 is 2.04 bits per heavy atom. The summed E-state index contributed by atoms with van der Waals surface area (Å²) in [5, 5.41) is 12.2. The zero-order valence-electron chi connectivity index (χ0n) is 14.6. The smallest absolute Gasteiger partial charge is 0.308 e. The van der Waals surface area contributed by atoms with Crippen LogP contribution in [0.3, 0.4) is 0 Å². The maximum absolute atomic E-state index is 12.8. The minimum Gasteiger partial charge on any atom is -0.481 e. The molecule has 2 unspecified atom stereocenters. The topological polar surface area (TPSA) is 86.7 Å². The zero-order chi connectivity index (χ0) is 18.7. The van der Waals surface area contributed by atoms with Gasteiger partial charge in [0.25, 0.3) is 5.91 Å². The maximum Gasteiger partial charge on any atom is 0.308 e. The van der Waals surface area contributed by atoms with Gasteiger partial charge in [0.05, 0.1) is 16.5 Å². The van der Waals surface area contributed by atoms with Crippen molar-refractivity contribution in [3.8, 4) is 0 Å². The summed E-state index contributed by atoms with van der Waals surface area (Å²) in [5.74, 6) is -1.69. The Kier molecular flexibility index (Phi) is 6.06. The fourth-order valence-electron chi connectivity index (χ4n) is 3.06. The van der Waals surface area contributed by atoms with Crippen molar-refractivity contribution in [3.05, 3.63) is 28.8 Å². The molecule has 2 amide bonds. The molecule has 1 heterocycles. The number of likely N-dealkylation sites (tertiary alicyclic amines) is 1. The van der Waals surface area contributed by atoms with E-state index in [9.17, 15) is 19.5 Å². The van der Waals surface area contributed by atoms with Crippen LogP contribution in [0.1, 0.15) is 44.0 Å². The lowest BCUT2D eigenvalue weighted by atomic mass is 10.0. The van der Waals surface area contributed by atoms with Crippen molar-refractivity contribution in [1.29, 1.82) is 0 Å². The van der Waals surface area contributed by atoms with Crippen molar-refractivity contribution in [1.82, 2.24) is 4.90 Å². The molecule has 1 aliphatic heterocycles. The number of carboxylic acids is 1. The SMILES string of the molecule is CC(C)CC(=O)Nc1ccc(Cl)c(C(=O)N2CCC(C(=O)O)C2C)c1. The number of nitrogens with one attached hydrogen (secondary N) is 1. The first-order valence-electron chi connectivity index (χ1n) is 8.34. The number of carbonyl (C=O) groups excluding carboxylic acids is 2. The Balaban J connectivity index is 2.18. The molecule has 1 saturated heterocycles. The van der Waals surface area contributed by atoms with Crippen molar-refractivity contribution in [2.24, 2.45) is 11.8 Å². The molecular weight excluding hydrogens is 344 g/mol. The molecule has 136 valence electrons. The standard InChI is InChI=1S/C18H23ClN2O4/c1-10(2)8-16(22)20-12-4-5-15(19)14(9-12)17(23)21-7-6-13(11(21)3)18(24)25/h4-5,9-11,13H,6-8H2,1-3H3,(H,20,22)(H,24,25). The summed E-state index contributed by atoms with van der Waals surface area (Å²) in [6, 6.07) is 4.35. The average molecular weight is 367 g/mol. The van der Waals surface area contributed by atoms with Crippen LogP contribution in [0.15, 0.2) is 18.2 Å². The van der Waals surface area contributed by atoms with Gasteiger partial charge in [-0.2, -0.15) is 0 Å². The van der Waals surface area contributed by atoms with Gasteiger partial charge in [-0.1, -0.05) is 25.4 Å². The van der Waals surface area contributed by atoms with Gasteiger partial charge in [0, 0.05) is 24.7 Å². The summed E-state index contributed by atoms with van der Waals surface area (Å²) in [6.07, 6.45) is 0.806. The van der Waals surface area contributed by atoms with Gasteiger partial charge >= 0.3 is 5.97 Å². The minimum atomic E-state index is -0.899. The third kappa shape index (κ3) is 4.51. The molecular formula is C18H23ClN2O4. The van der Waals surface area contributed by atoms with Crippen LogP contribution < -0.4 is 5.32 Å². The van der Waals surface area contributed by atoms with E-state index in [-0.39, 0.29) is 28.3 Å². The monoisotopic (exact) mass is 366 g/mol. The number of nitrogens with zero attached hydrogens (tertiary/aromatic N) is 1. The van der Waals surface area contributed by atoms with Gasteiger partial charge in [0.1, 0.15) is 0 Å². The third-order valence-electron chi connectivity index (χ3n) is 4.41. The number of rotatable bonds is 5. The minimum absolute atomic E-state index is 0.129. The first-order valence-corrected chi connectivity index (χ1v) is 8.71. The van der Waals surface area contributed by atoms with E-state index in [1.807, 2.05) is 13.8 Å². The van der Waals surface area contributed by atoms with Crippen molar-refractivity contribution in [2.75, 3.05) is 11.9 Å². The molecule has 6 nitrogen and oxygen atoms in total. The normalized spacial score (nSPS) is 20.0.